The minimum absolute atomic E-state index is 0.00229. The molecule has 0 fully saturated rings. The highest BCUT2D eigenvalue weighted by molar-refractivity contribution is 5.88. The molecule has 5 heteroatoms. The Labute approximate surface area is 116 Å². The van der Waals surface area contributed by atoms with Crippen molar-refractivity contribution in [1.29, 1.82) is 0 Å². The summed E-state index contributed by atoms with van der Waals surface area (Å²) in [5, 5.41) is 11.9. The van der Waals surface area contributed by atoms with E-state index < -0.39 is 5.97 Å². The molecule has 5 nitrogen and oxygen atoms in total. The first-order valence-electron chi connectivity index (χ1n) is 6.27. The summed E-state index contributed by atoms with van der Waals surface area (Å²) in [6.45, 7) is 2.15. The highest BCUT2D eigenvalue weighted by atomic mass is 16.4. The van der Waals surface area contributed by atoms with Gasteiger partial charge in [0, 0.05) is 12.7 Å². The minimum atomic E-state index is -1.02. The van der Waals surface area contributed by atoms with Crippen LogP contribution in [0.4, 0.5) is 0 Å². The highest BCUT2D eigenvalue weighted by Gasteiger charge is 2.15. The van der Waals surface area contributed by atoms with E-state index in [9.17, 15) is 9.59 Å². The van der Waals surface area contributed by atoms with Gasteiger partial charge in [0.25, 0.3) is 0 Å². The van der Waals surface area contributed by atoms with Crippen molar-refractivity contribution in [2.75, 3.05) is 0 Å². The predicted molar refractivity (Wildman–Crippen MR) is 74.4 cm³/mol. The van der Waals surface area contributed by atoms with Gasteiger partial charge in [-0.3, -0.25) is 4.79 Å². The number of carbonyl (C=O) groups excluding carboxylic acids is 1. The number of aromatic nitrogens is 1. The number of carboxylic acids is 1. The molecule has 0 aliphatic rings. The molecule has 1 heterocycles. The molecule has 0 aliphatic carbocycles. The summed E-state index contributed by atoms with van der Waals surface area (Å²) < 4.78 is 1.44. The van der Waals surface area contributed by atoms with Crippen LogP contribution < -0.4 is 5.32 Å². The van der Waals surface area contributed by atoms with E-state index in [4.69, 9.17) is 5.11 Å². The number of nitrogens with zero attached hydrogens (tertiary/aromatic N) is 1. The van der Waals surface area contributed by atoms with Crippen LogP contribution in [-0.4, -0.2) is 21.6 Å². The number of hydrogen-bond acceptors (Lipinski definition) is 2. The quantitative estimate of drug-likeness (QED) is 0.872. The minimum Gasteiger partial charge on any atom is -0.477 e. The molecular weight excluding hydrogens is 256 g/mol. The molecule has 1 amide bonds. The Bertz CT molecular complexity index is 617. The van der Waals surface area contributed by atoms with Crippen LogP contribution in [0.5, 0.6) is 0 Å². The van der Waals surface area contributed by atoms with Crippen molar-refractivity contribution in [3.8, 4) is 0 Å². The molecule has 0 radical (unpaired) electrons. The molecular formula is C15H16N2O3. The second-order valence-corrected chi connectivity index (χ2v) is 4.54. The zero-order chi connectivity index (χ0) is 14.5. The molecule has 0 bridgehead atoms. The average molecular weight is 272 g/mol. The number of rotatable bonds is 5. The second kappa shape index (κ2) is 6.06. The van der Waals surface area contributed by atoms with E-state index in [1.807, 2.05) is 30.3 Å². The third-order valence-corrected chi connectivity index (χ3v) is 3.01. The normalized spacial score (nSPS) is 10.2. The number of aromatic carboxylic acids is 1. The summed E-state index contributed by atoms with van der Waals surface area (Å²) in [6.07, 6.45) is 1.61. The van der Waals surface area contributed by atoms with Gasteiger partial charge in [-0.25, -0.2) is 4.79 Å². The summed E-state index contributed by atoms with van der Waals surface area (Å²) in [6, 6.07) is 11.2. The van der Waals surface area contributed by atoms with Crippen LogP contribution in [0, 0.1) is 6.92 Å². The first-order valence-corrected chi connectivity index (χ1v) is 6.27. The Kier molecular flexibility index (Phi) is 4.20. The van der Waals surface area contributed by atoms with E-state index in [-0.39, 0.29) is 18.1 Å². The molecule has 1 aromatic carbocycles. The molecule has 0 saturated heterocycles. The number of carboxylic acid groups (broad SMARTS) is 1. The topological polar surface area (TPSA) is 71.3 Å². The molecule has 104 valence electrons. The number of benzene rings is 1. The summed E-state index contributed by atoms with van der Waals surface area (Å²) in [5.74, 6) is -1.24. The SMILES string of the molecule is Cc1ccn(CC(=O)NCc2ccccc2)c1C(=O)O. The zero-order valence-corrected chi connectivity index (χ0v) is 11.2. The summed E-state index contributed by atoms with van der Waals surface area (Å²) >= 11 is 0. The van der Waals surface area contributed by atoms with E-state index in [1.165, 1.54) is 4.57 Å². The summed E-state index contributed by atoms with van der Waals surface area (Å²) in [7, 11) is 0. The zero-order valence-electron chi connectivity index (χ0n) is 11.2. The van der Waals surface area contributed by atoms with Crippen molar-refractivity contribution in [2.24, 2.45) is 0 Å². The van der Waals surface area contributed by atoms with Gasteiger partial charge >= 0.3 is 5.97 Å². The molecule has 0 atom stereocenters. The van der Waals surface area contributed by atoms with Gasteiger partial charge in [0.1, 0.15) is 12.2 Å². The van der Waals surface area contributed by atoms with Crippen molar-refractivity contribution in [1.82, 2.24) is 9.88 Å². The molecule has 0 spiro atoms. The van der Waals surface area contributed by atoms with Crippen molar-refractivity contribution >= 4 is 11.9 Å². The molecule has 2 aromatic rings. The number of carbonyl (C=O) groups is 2. The largest absolute Gasteiger partial charge is 0.477 e. The van der Waals surface area contributed by atoms with Gasteiger partial charge in [0.15, 0.2) is 0 Å². The lowest BCUT2D eigenvalue weighted by molar-refractivity contribution is -0.121. The lowest BCUT2D eigenvalue weighted by Gasteiger charge is -2.08. The Balaban J connectivity index is 1.97. The fraction of sp³-hybridized carbons (Fsp3) is 0.200. The maximum Gasteiger partial charge on any atom is 0.352 e. The van der Waals surface area contributed by atoms with Gasteiger partial charge in [-0.05, 0) is 24.1 Å². The van der Waals surface area contributed by atoms with Crippen molar-refractivity contribution < 1.29 is 14.7 Å². The Hall–Kier alpha value is -2.56. The Morgan fingerprint density at radius 3 is 2.55 bits per heavy atom. The maximum absolute atomic E-state index is 11.8. The van der Waals surface area contributed by atoms with Crippen molar-refractivity contribution in [2.45, 2.75) is 20.0 Å². The number of aryl methyl sites for hydroxylation is 1. The maximum atomic E-state index is 11.8. The van der Waals surface area contributed by atoms with Crippen molar-refractivity contribution in [3.05, 3.63) is 59.4 Å². The van der Waals surface area contributed by atoms with Gasteiger partial charge in [-0.2, -0.15) is 0 Å². The highest BCUT2D eigenvalue weighted by Crippen LogP contribution is 2.09. The predicted octanol–water partition coefficient (Wildman–Crippen LogP) is 1.81. The lowest BCUT2D eigenvalue weighted by atomic mass is 10.2. The first kappa shape index (κ1) is 13.9. The molecule has 20 heavy (non-hydrogen) atoms. The van der Waals surface area contributed by atoms with Crippen LogP contribution in [0.3, 0.4) is 0 Å². The monoisotopic (exact) mass is 272 g/mol. The van der Waals surface area contributed by atoms with E-state index in [1.54, 1.807) is 19.2 Å². The van der Waals surface area contributed by atoms with Crippen LogP contribution in [0.15, 0.2) is 42.6 Å². The third-order valence-electron chi connectivity index (χ3n) is 3.01. The molecule has 2 rings (SSSR count). The standard InChI is InChI=1S/C15H16N2O3/c1-11-7-8-17(14(11)15(19)20)10-13(18)16-9-12-5-3-2-4-6-12/h2-8H,9-10H2,1H3,(H,16,18)(H,19,20). The van der Waals surface area contributed by atoms with Crippen LogP contribution in [0.2, 0.25) is 0 Å². The molecule has 2 N–H and O–H groups in total. The summed E-state index contributed by atoms with van der Waals surface area (Å²) in [5.41, 5.74) is 1.80. The molecule has 1 aromatic heterocycles. The number of amides is 1. The van der Waals surface area contributed by atoms with Gasteiger partial charge in [-0.1, -0.05) is 30.3 Å². The number of hydrogen-bond donors (Lipinski definition) is 2. The first-order chi connectivity index (χ1) is 9.58. The number of nitrogens with one attached hydrogen (secondary N) is 1. The fourth-order valence-corrected chi connectivity index (χ4v) is 2.01. The van der Waals surface area contributed by atoms with Crippen LogP contribution in [0.25, 0.3) is 0 Å². The van der Waals surface area contributed by atoms with Crippen LogP contribution in [-0.2, 0) is 17.9 Å². The lowest BCUT2D eigenvalue weighted by Crippen LogP contribution is -2.28. The summed E-state index contributed by atoms with van der Waals surface area (Å²) in [4.78, 5) is 23.0. The van der Waals surface area contributed by atoms with Gasteiger partial charge in [0.05, 0.1) is 0 Å². The van der Waals surface area contributed by atoms with Crippen molar-refractivity contribution in [3.63, 3.8) is 0 Å². The van der Waals surface area contributed by atoms with E-state index in [2.05, 4.69) is 5.32 Å². The van der Waals surface area contributed by atoms with E-state index >= 15 is 0 Å². The van der Waals surface area contributed by atoms with Gasteiger partial charge in [0.2, 0.25) is 5.91 Å². The Morgan fingerprint density at radius 2 is 1.90 bits per heavy atom. The second-order valence-electron chi connectivity index (χ2n) is 4.54. The van der Waals surface area contributed by atoms with Gasteiger partial charge < -0.3 is 15.0 Å². The smallest absolute Gasteiger partial charge is 0.352 e. The molecule has 0 unspecified atom stereocenters. The molecule has 0 aliphatic heterocycles. The van der Waals surface area contributed by atoms with Gasteiger partial charge in [-0.15, -0.1) is 0 Å². The average Bonchev–Trinajstić information content (AvgIpc) is 2.78. The van der Waals surface area contributed by atoms with Crippen LogP contribution in [0.1, 0.15) is 21.6 Å². The Morgan fingerprint density at radius 1 is 1.20 bits per heavy atom. The van der Waals surface area contributed by atoms with E-state index in [0.717, 1.165) is 5.56 Å². The van der Waals surface area contributed by atoms with E-state index in [0.29, 0.717) is 12.1 Å². The third kappa shape index (κ3) is 3.26. The fourth-order valence-electron chi connectivity index (χ4n) is 2.01. The van der Waals surface area contributed by atoms with Crippen LogP contribution >= 0.6 is 0 Å². The molecule has 0 saturated carbocycles.